The first-order chi connectivity index (χ1) is 11.7. The lowest BCUT2D eigenvalue weighted by Crippen LogP contribution is -2.24. The van der Waals surface area contributed by atoms with E-state index in [1.165, 1.54) is 5.56 Å². The third-order valence-electron chi connectivity index (χ3n) is 3.86. The van der Waals surface area contributed by atoms with E-state index in [0.717, 1.165) is 16.7 Å². The Bertz CT molecular complexity index is 813. The third-order valence-corrected chi connectivity index (χ3v) is 4.23. The molecule has 24 heavy (non-hydrogen) atoms. The Morgan fingerprint density at radius 3 is 2.12 bits per heavy atom. The molecule has 0 aliphatic carbocycles. The molecule has 0 aliphatic rings. The molecular formula is C21H18ClNO. The second kappa shape index (κ2) is 7.80. The molecule has 0 aliphatic heterocycles. The van der Waals surface area contributed by atoms with Gasteiger partial charge in [-0.1, -0.05) is 84.4 Å². The Kier molecular flexibility index (Phi) is 5.29. The second-order valence-corrected chi connectivity index (χ2v) is 6.02. The van der Waals surface area contributed by atoms with Gasteiger partial charge in [-0.2, -0.15) is 0 Å². The van der Waals surface area contributed by atoms with Crippen molar-refractivity contribution < 1.29 is 4.79 Å². The Morgan fingerprint density at radius 1 is 0.792 bits per heavy atom. The van der Waals surface area contributed by atoms with Crippen LogP contribution >= 0.6 is 11.6 Å². The number of hydrogen-bond acceptors (Lipinski definition) is 1. The van der Waals surface area contributed by atoms with Crippen LogP contribution in [-0.2, 0) is 17.8 Å². The maximum absolute atomic E-state index is 12.1. The molecule has 1 amide bonds. The second-order valence-electron chi connectivity index (χ2n) is 5.61. The molecular weight excluding hydrogens is 318 g/mol. The summed E-state index contributed by atoms with van der Waals surface area (Å²) in [4.78, 5) is 12.1. The van der Waals surface area contributed by atoms with Gasteiger partial charge in [0.2, 0.25) is 5.91 Å². The summed E-state index contributed by atoms with van der Waals surface area (Å²) in [5.74, 6) is -0.0117. The van der Waals surface area contributed by atoms with Crippen LogP contribution < -0.4 is 5.32 Å². The van der Waals surface area contributed by atoms with Gasteiger partial charge in [0.25, 0.3) is 0 Å². The van der Waals surface area contributed by atoms with Crippen LogP contribution in [0.2, 0.25) is 5.02 Å². The lowest BCUT2D eigenvalue weighted by Gasteiger charge is -2.08. The quantitative estimate of drug-likeness (QED) is 0.708. The van der Waals surface area contributed by atoms with Crippen molar-refractivity contribution in [2.24, 2.45) is 0 Å². The average Bonchev–Trinajstić information content (AvgIpc) is 2.62. The summed E-state index contributed by atoms with van der Waals surface area (Å²) in [5.41, 5.74) is 4.24. The number of carbonyl (C=O) groups excluding carboxylic acids is 1. The first kappa shape index (κ1) is 16.3. The fraction of sp³-hybridized carbons (Fsp3) is 0.0952. The fourth-order valence-electron chi connectivity index (χ4n) is 2.53. The minimum absolute atomic E-state index is 0.0117. The van der Waals surface area contributed by atoms with E-state index in [1.807, 2.05) is 66.7 Å². The van der Waals surface area contributed by atoms with Crippen LogP contribution in [0, 0.1) is 0 Å². The third kappa shape index (κ3) is 4.24. The summed E-state index contributed by atoms with van der Waals surface area (Å²) in [6.45, 7) is 0.445. The van der Waals surface area contributed by atoms with Crippen molar-refractivity contribution in [2.75, 3.05) is 0 Å². The summed E-state index contributed by atoms with van der Waals surface area (Å²) in [6, 6.07) is 25.8. The van der Waals surface area contributed by atoms with E-state index in [4.69, 9.17) is 11.6 Å². The van der Waals surface area contributed by atoms with E-state index >= 15 is 0 Å². The highest BCUT2D eigenvalue weighted by molar-refractivity contribution is 6.31. The number of halogens is 1. The predicted octanol–water partition coefficient (Wildman–Crippen LogP) is 4.87. The molecule has 0 fully saturated rings. The van der Waals surface area contributed by atoms with Crippen LogP contribution in [-0.4, -0.2) is 5.91 Å². The van der Waals surface area contributed by atoms with E-state index in [9.17, 15) is 4.79 Å². The standard InChI is InChI=1S/C21H18ClNO/c22-20-9-5-4-8-19(20)15-23-21(24)14-16-10-12-18(13-11-16)17-6-2-1-3-7-17/h1-13H,14-15H2,(H,23,24). The van der Waals surface area contributed by atoms with Crippen LogP contribution in [0.3, 0.4) is 0 Å². The Balaban J connectivity index is 1.58. The SMILES string of the molecule is O=C(Cc1ccc(-c2ccccc2)cc1)NCc1ccccc1Cl. The van der Waals surface area contributed by atoms with Gasteiger partial charge in [0.15, 0.2) is 0 Å². The van der Waals surface area contributed by atoms with Crippen molar-refractivity contribution in [1.29, 1.82) is 0 Å². The first-order valence-electron chi connectivity index (χ1n) is 7.87. The van der Waals surface area contributed by atoms with E-state index in [-0.39, 0.29) is 5.91 Å². The van der Waals surface area contributed by atoms with Gasteiger partial charge in [-0.05, 0) is 28.3 Å². The summed E-state index contributed by atoms with van der Waals surface area (Å²) in [7, 11) is 0. The molecule has 0 saturated carbocycles. The number of benzene rings is 3. The van der Waals surface area contributed by atoms with Crippen molar-refractivity contribution >= 4 is 17.5 Å². The molecule has 2 nitrogen and oxygen atoms in total. The summed E-state index contributed by atoms with van der Waals surface area (Å²) in [6.07, 6.45) is 0.361. The monoisotopic (exact) mass is 335 g/mol. The Hall–Kier alpha value is -2.58. The van der Waals surface area contributed by atoms with E-state index in [2.05, 4.69) is 17.4 Å². The predicted molar refractivity (Wildman–Crippen MR) is 98.9 cm³/mol. The largest absolute Gasteiger partial charge is 0.352 e. The van der Waals surface area contributed by atoms with Crippen LogP contribution in [0.4, 0.5) is 0 Å². The minimum atomic E-state index is -0.0117. The molecule has 3 aromatic rings. The van der Waals surface area contributed by atoms with Crippen LogP contribution in [0.15, 0.2) is 78.9 Å². The zero-order chi connectivity index (χ0) is 16.8. The Morgan fingerprint density at radius 2 is 1.42 bits per heavy atom. The highest BCUT2D eigenvalue weighted by Crippen LogP contribution is 2.19. The number of carbonyl (C=O) groups is 1. The van der Waals surface area contributed by atoms with Crippen molar-refractivity contribution in [3.63, 3.8) is 0 Å². The van der Waals surface area contributed by atoms with Gasteiger partial charge in [0.1, 0.15) is 0 Å². The molecule has 0 aromatic heterocycles. The highest BCUT2D eigenvalue weighted by Gasteiger charge is 2.05. The summed E-state index contributed by atoms with van der Waals surface area (Å²) >= 11 is 6.09. The van der Waals surface area contributed by atoms with Gasteiger partial charge in [-0.3, -0.25) is 4.79 Å². The van der Waals surface area contributed by atoms with Gasteiger partial charge in [0.05, 0.1) is 6.42 Å². The molecule has 3 rings (SSSR count). The molecule has 0 radical (unpaired) electrons. The van der Waals surface area contributed by atoms with Gasteiger partial charge < -0.3 is 5.32 Å². The average molecular weight is 336 g/mol. The molecule has 0 saturated heterocycles. The maximum atomic E-state index is 12.1. The molecule has 0 atom stereocenters. The summed E-state index contributed by atoms with van der Waals surface area (Å²) < 4.78 is 0. The van der Waals surface area contributed by atoms with Crippen molar-refractivity contribution in [1.82, 2.24) is 5.32 Å². The molecule has 1 N–H and O–H groups in total. The van der Waals surface area contributed by atoms with Crippen molar-refractivity contribution in [2.45, 2.75) is 13.0 Å². The van der Waals surface area contributed by atoms with Gasteiger partial charge >= 0.3 is 0 Å². The normalized spacial score (nSPS) is 10.4. The molecule has 3 aromatic carbocycles. The molecule has 3 heteroatoms. The minimum Gasteiger partial charge on any atom is -0.352 e. The van der Waals surface area contributed by atoms with E-state index < -0.39 is 0 Å². The van der Waals surface area contributed by atoms with E-state index in [0.29, 0.717) is 18.0 Å². The Labute approximate surface area is 147 Å². The topological polar surface area (TPSA) is 29.1 Å². The number of hydrogen-bond donors (Lipinski definition) is 1. The van der Waals surface area contributed by atoms with Gasteiger partial charge in [-0.15, -0.1) is 0 Å². The van der Waals surface area contributed by atoms with Crippen molar-refractivity contribution in [3.05, 3.63) is 95.0 Å². The van der Waals surface area contributed by atoms with Crippen LogP contribution in [0.25, 0.3) is 11.1 Å². The first-order valence-corrected chi connectivity index (χ1v) is 8.24. The van der Waals surface area contributed by atoms with E-state index in [1.54, 1.807) is 0 Å². The zero-order valence-electron chi connectivity index (χ0n) is 13.2. The molecule has 120 valence electrons. The number of amides is 1. The molecule has 0 heterocycles. The molecule has 0 spiro atoms. The fourth-order valence-corrected chi connectivity index (χ4v) is 2.73. The van der Waals surface area contributed by atoms with Crippen LogP contribution in [0.1, 0.15) is 11.1 Å². The maximum Gasteiger partial charge on any atom is 0.224 e. The summed E-state index contributed by atoms with van der Waals surface area (Å²) in [5, 5.41) is 3.58. The number of nitrogens with one attached hydrogen (secondary N) is 1. The number of rotatable bonds is 5. The van der Waals surface area contributed by atoms with Crippen molar-refractivity contribution in [3.8, 4) is 11.1 Å². The lowest BCUT2D eigenvalue weighted by atomic mass is 10.0. The molecule has 0 unspecified atom stereocenters. The lowest BCUT2D eigenvalue weighted by molar-refractivity contribution is -0.120. The molecule has 0 bridgehead atoms. The van der Waals surface area contributed by atoms with Gasteiger partial charge in [-0.25, -0.2) is 0 Å². The zero-order valence-corrected chi connectivity index (χ0v) is 14.0. The van der Waals surface area contributed by atoms with Gasteiger partial charge in [0, 0.05) is 11.6 Å². The highest BCUT2D eigenvalue weighted by atomic mass is 35.5. The smallest absolute Gasteiger partial charge is 0.224 e. The van der Waals surface area contributed by atoms with Crippen LogP contribution in [0.5, 0.6) is 0 Å².